The van der Waals surface area contributed by atoms with E-state index in [-0.39, 0.29) is 4.90 Å². The molecule has 0 aliphatic heterocycles. The molecule has 0 saturated carbocycles. The standard InChI is InChI=1S/C15H34NO.C7H8O3S/c1-4-5-6-7-8-9-10-13-16(2,3)14-11-12-15-17;1-6-2-4-7(5-3-6)11(8,9)10/h17H,4-15H2,1-3H3;2-5H,1H3,(H,8,9,10)/q+1;/p-1. The Morgan fingerprint density at radius 1 is 0.857 bits per heavy atom. The zero-order chi connectivity index (χ0) is 21.5. The fourth-order valence-electron chi connectivity index (χ4n) is 2.97. The smallest absolute Gasteiger partial charge is 0.124 e. The molecule has 1 aromatic rings. The van der Waals surface area contributed by atoms with E-state index >= 15 is 0 Å². The summed E-state index contributed by atoms with van der Waals surface area (Å²) in [7, 11) is 0.358. The van der Waals surface area contributed by atoms with Gasteiger partial charge in [-0.3, -0.25) is 0 Å². The summed E-state index contributed by atoms with van der Waals surface area (Å²) in [4.78, 5) is -0.178. The molecular formula is C22H41NO4S. The highest BCUT2D eigenvalue weighted by Crippen LogP contribution is 2.10. The summed E-state index contributed by atoms with van der Waals surface area (Å²) in [6.07, 6.45) is 11.9. The van der Waals surface area contributed by atoms with Crippen LogP contribution in [-0.2, 0) is 10.1 Å². The number of nitrogens with zero attached hydrogens (tertiary/aromatic N) is 1. The van der Waals surface area contributed by atoms with Crippen molar-refractivity contribution in [3.05, 3.63) is 29.8 Å². The predicted molar refractivity (Wildman–Crippen MR) is 115 cm³/mol. The summed E-state index contributed by atoms with van der Waals surface area (Å²) in [6.45, 7) is 6.93. The number of aryl methyl sites for hydroxylation is 1. The summed E-state index contributed by atoms with van der Waals surface area (Å²) in [5.41, 5.74) is 0.928. The molecule has 6 heteroatoms. The fraction of sp³-hybridized carbons (Fsp3) is 0.727. The summed E-state index contributed by atoms with van der Waals surface area (Å²) in [6, 6.07) is 5.78. The zero-order valence-electron chi connectivity index (χ0n) is 18.3. The van der Waals surface area contributed by atoms with E-state index in [0.717, 1.165) is 22.9 Å². The van der Waals surface area contributed by atoms with Gasteiger partial charge in [0, 0.05) is 6.61 Å². The Bertz CT molecular complexity index is 597. The minimum atomic E-state index is -4.27. The first-order valence-electron chi connectivity index (χ1n) is 10.6. The Morgan fingerprint density at radius 2 is 1.32 bits per heavy atom. The molecule has 0 bridgehead atoms. The number of aliphatic hydroxyl groups is 1. The van der Waals surface area contributed by atoms with Crippen molar-refractivity contribution in [2.45, 2.75) is 76.5 Å². The van der Waals surface area contributed by atoms with E-state index in [1.165, 1.54) is 70.2 Å². The topological polar surface area (TPSA) is 77.4 Å². The van der Waals surface area contributed by atoms with Gasteiger partial charge < -0.3 is 14.1 Å². The number of hydrogen-bond donors (Lipinski definition) is 1. The van der Waals surface area contributed by atoms with E-state index in [4.69, 9.17) is 5.11 Å². The lowest BCUT2D eigenvalue weighted by Crippen LogP contribution is -2.41. The molecule has 1 aromatic carbocycles. The van der Waals surface area contributed by atoms with Crippen LogP contribution >= 0.6 is 0 Å². The first-order chi connectivity index (χ1) is 13.1. The molecule has 1 N–H and O–H groups in total. The molecule has 0 atom stereocenters. The van der Waals surface area contributed by atoms with Crippen molar-refractivity contribution in [1.82, 2.24) is 0 Å². The van der Waals surface area contributed by atoms with Crippen molar-refractivity contribution in [3.8, 4) is 0 Å². The van der Waals surface area contributed by atoms with E-state index in [1.54, 1.807) is 12.1 Å². The van der Waals surface area contributed by atoms with Crippen LogP contribution in [0.25, 0.3) is 0 Å². The lowest BCUT2D eigenvalue weighted by atomic mass is 10.1. The molecule has 5 nitrogen and oxygen atoms in total. The minimum Gasteiger partial charge on any atom is -0.744 e. The molecule has 28 heavy (non-hydrogen) atoms. The van der Waals surface area contributed by atoms with Crippen LogP contribution in [0.1, 0.15) is 70.3 Å². The van der Waals surface area contributed by atoms with E-state index < -0.39 is 10.1 Å². The molecule has 0 saturated heterocycles. The van der Waals surface area contributed by atoms with Crippen molar-refractivity contribution in [2.24, 2.45) is 0 Å². The largest absolute Gasteiger partial charge is 0.744 e. The van der Waals surface area contributed by atoms with Crippen LogP contribution in [-0.4, -0.2) is 56.4 Å². The number of unbranched alkanes of at least 4 members (excludes halogenated alkanes) is 7. The monoisotopic (exact) mass is 415 g/mol. The quantitative estimate of drug-likeness (QED) is 0.293. The molecule has 0 aliphatic carbocycles. The van der Waals surface area contributed by atoms with Gasteiger partial charge in [-0.2, -0.15) is 0 Å². The number of rotatable bonds is 13. The van der Waals surface area contributed by atoms with Gasteiger partial charge in [-0.05, 0) is 44.7 Å². The molecule has 0 heterocycles. The van der Waals surface area contributed by atoms with Gasteiger partial charge in [-0.1, -0.05) is 56.7 Å². The van der Waals surface area contributed by atoms with E-state index in [2.05, 4.69) is 21.0 Å². The van der Waals surface area contributed by atoms with Gasteiger partial charge in [0.15, 0.2) is 0 Å². The normalized spacial score (nSPS) is 11.8. The minimum absolute atomic E-state index is 0.178. The SMILES string of the molecule is CCCCCCCCC[N+](C)(C)CCCCO.Cc1ccc(S(=O)(=O)[O-])cc1. The average Bonchev–Trinajstić information content (AvgIpc) is 2.61. The van der Waals surface area contributed by atoms with Crippen LogP contribution in [0.3, 0.4) is 0 Å². The average molecular weight is 416 g/mol. The third kappa shape index (κ3) is 15.0. The Labute approximate surface area is 173 Å². The van der Waals surface area contributed by atoms with Gasteiger partial charge in [0.1, 0.15) is 10.1 Å². The molecular weight excluding hydrogens is 374 g/mol. The first kappa shape index (κ1) is 27.0. The second-order valence-corrected chi connectivity index (χ2v) is 9.58. The van der Waals surface area contributed by atoms with Gasteiger partial charge >= 0.3 is 0 Å². The maximum absolute atomic E-state index is 10.4. The summed E-state index contributed by atoms with van der Waals surface area (Å²) in [5, 5.41) is 8.77. The van der Waals surface area contributed by atoms with E-state index in [9.17, 15) is 13.0 Å². The third-order valence-corrected chi connectivity index (χ3v) is 5.70. The molecule has 0 aliphatic rings. The van der Waals surface area contributed by atoms with Crippen molar-refractivity contribution in [2.75, 3.05) is 33.8 Å². The van der Waals surface area contributed by atoms with Gasteiger partial charge in [0.25, 0.3) is 0 Å². The van der Waals surface area contributed by atoms with Crippen molar-refractivity contribution in [3.63, 3.8) is 0 Å². The second kappa shape index (κ2) is 15.0. The van der Waals surface area contributed by atoms with Gasteiger partial charge in [0.2, 0.25) is 0 Å². The van der Waals surface area contributed by atoms with E-state index in [0.29, 0.717) is 6.61 Å². The highest BCUT2D eigenvalue weighted by atomic mass is 32.2. The predicted octanol–water partition coefficient (Wildman–Crippen LogP) is 4.49. The molecule has 1 rings (SSSR count). The summed E-state index contributed by atoms with van der Waals surface area (Å²) >= 11 is 0. The molecule has 0 fully saturated rings. The number of aliphatic hydroxyl groups excluding tert-OH is 1. The highest BCUT2D eigenvalue weighted by Gasteiger charge is 2.13. The Hall–Kier alpha value is -0.950. The molecule has 0 unspecified atom stereocenters. The van der Waals surface area contributed by atoms with Gasteiger partial charge in [-0.25, -0.2) is 8.42 Å². The van der Waals surface area contributed by atoms with Crippen LogP contribution in [0.5, 0.6) is 0 Å². The van der Waals surface area contributed by atoms with Crippen molar-refractivity contribution in [1.29, 1.82) is 0 Å². The first-order valence-corrected chi connectivity index (χ1v) is 12.0. The Kier molecular flexibility index (Phi) is 14.5. The van der Waals surface area contributed by atoms with Crippen LogP contribution in [0.4, 0.5) is 0 Å². The lowest BCUT2D eigenvalue weighted by Gasteiger charge is -2.29. The summed E-state index contributed by atoms with van der Waals surface area (Å²) < 4.78 is 32.3. The van der Waals surface area contributed by atoms with Gasteiger partial charge in [-0.15, -0.1) is 0 Å². The maximum atomic E-state index is 10.4. The lowest BCUT2D eigenvalue weighted by molar-refractivity contribution is -0.890. The molecule has 0 spiro atoms. The third-order valence-electron chi connectivity index (χ3n) is 4.85. The second-order valence-electron chi connectivity index (χ2n) is 8.20. The number of hydrogen-bond acceptors (Lipinski definition) is 4. The van der Waals surface area contributed by atoms with E-state index in [1.807, 2.05) is 6.92 Å². The van der Waals surface area contributed by atoms with Crippen molar-refractivity contribution >= 4 is 10.1 Å². The highest BCUT2D eigenvalue weighted by molar-refractivity contribution is 7.85. The van der Waals surface area contributed by atoms with Crippen LogP contribution in [0.2, 0.25) is 0 Å². The van der Waals surface area contributed by atoms with Gasteiger partial charge in [0.05, 0.1) is 32.1 Å². The molecule has 0 radical (unpaired) electrons. The Balaban J connectivity index is 0.000000567. The van der Waals surface area contributed by atoms with Crippen molar-refractivity contribution < 1.29 is 22.6 Å². The van der Waals surface area contributed by atoms with Crippen LogP contribution < -0.4 is 0 Å². The summed E-state index contributed by atoms with van der Waals surface area (Å²) in [5.74, 6) is 0. The molecule has 164 valence electrons. The Morgan fingerprint density at radius 3 is 1.79 bits per heavy atom. The van der Waals surface area contributed by atoms with Crippen LogP contribution in [0.15, 0.2) is 29.2 Å². The zero-order valence-corrected chi connectivity index (χ0v) is 19.1. The molecule has 0 amide bonds. The fourth-order valence-corrected chi connectivity index (χ4v) is 3.43. The number of quaternary nitrogens is 1. The maximum Gasteiger partial charge on any atom is 0.124 e. The van der Waals surface area contributed by atoms with Crippen LogP contribution in [0, 0.1) is 6.92 Å². The molecule has 0 aromatic heterocycles. The number of benzene rings is 1.